The second-order valence-electron chi connectivity index (χ2n) is 17.5. The first kappa shape index (κ1) is 55.5. The highest BCUT2D eigenvalue weighted by atomic mass is 16.4. The molecule has 4 fully saturated rings. The van der Waals surface area contributed by atoms with E-state index in [4.69, 9.17) is 22.9 Å². The molecule has 28 heteroatoms. The minimum atomic E-state index is -1.39. The molecule has 4 heterocycles. The highest BCUT2D eigenvalue weighted by Gasteiger charge is 2.46. The van der Waals surface area contributed by atoms with Gasteiger partial charge in [-0.3, -0.25) is 57.7 Å². The Hall–Kier alpha value is -7.13. The Bertz CT molecular complexity index is 2010. The molecule has 11 amide bonds. The van der Waals surface area contributed by atoms with Crippen LogP contribution in [0.1, 0.15) is 89.9 Å². The molecule has 0 aromatic carbocycles. The zero-order chi connectivity index (χ0) is 51.5. The predicted octanol–water partition coefficient (Wildman–Crippen LogP) is -6.82. The maximum absolute atomic E-state index is 14.2. The quantitative estimate of drug-likeness (QED) is 0.0218. The molecule has 4 aliphatic rings. The van der Waals surface area contributed by atoms with Crippen molar-refractivity contribution in [1.82, 2.24) is 51.9 Å². The molecule has 0 radical (unpaired) electrons. The summed E-state index contributed by atoms with van der Waals surface area (Å²) in [7, 11) is 0. The van der Waals surface area contributed by atoms with Gasteiger partial charge in [-0.05, 0) is 83.6 Å². The number of carbonyl (C=O) groups is 12. The second kappa shape index (κ2) is 27.2. The van der Waals surface area contributed by atoms with Gasteiger partial charge in [-0.25, -0.2) is 4.79 Å². The molecule has 4 aliphatic heterocycles. The van der Waals surface area contributed by atoms with Crippen LogP contribution in [0.15, 0.2) is 4.99 Å². The largest absolute Gasteiger partial charge is 0.480 e. The molecule has 4 saturated heterocycles. The number of guanidine groups is 1. The van der Waals surface area contributed by atoms with Gasteiger partial charge in [-0.15, -0.1) is 0 Å². The maximum Gasteiger partial charge on any atom is 0.326 e. The molecule has 4 rings (SSSR count). The summed E-state index contributed by atoms with van der Waals surface area (Å²) in [5.74, 6) is -8.94. The topological polar surface area (TPSA) is 435 Å². The molecule has 0 spiro atoms. The number of nitrogens with one attached hydrogen (secondary N) is 7. The molecule has 0 unspecified atom stereocenters. The summed E-state index contributed by atoms with van der Waals surface area (Å²) >= 11 is 0. The molecule has 0 aromatic rings. The maximum atomic E-state index is 14.2. The number of hydrogen-bond donors (Lipinski definition) is 12. The van der Waals surface area contributed by atoms with E-state index in [1.165, 1.54) is 14.7 Å². The van der Waals surface area contributed by atoms with Crippen LogP contribution < -0.4 is 60.2 Å². The van der Waals surface area contributed by atoms with Gasteiger partial charge in [-0.2, -0.15) is 0 Å². The molecule has 388 valence electrons. The van der Waals surface area contributed by atoms with Crippen LogP contribution in [0.4, 0.5) is 0 Å². The van der Waals surface area contributed by atoms with Crippen LogP contribution in [0.2, 0.25) is 0 Å². The van der Waals surface area contributed by atoms with Crippen molar-refractivity contribution in [3.63, 3.8) is 0 Å². The van der Waals surface area contributed by atoms with Crippen molar-refractivity contribution in [2.75, 3.05) is 52.4 Å². The first-order chi connectivity index (χ1) is 33.3. The minimum Gasteiger partial charge on any atom is -0.480 e. The van der Waals surface area contributed by atoms with Crippen molar-refractivity contribution in [3.05, 3.63) is 0 Å². The van der Waals surface area contributed by atoms with Crippen LogP contribution >= 0.6 is 0 Å². The third kappa shape index (κ3) is 16.8. The number of aliphatic carboxylic acids is 1. The molecular formula is C42H67N15O13. The van der Waals surface area contributed by atoms with E-state index in [0.29, 0.717) is 38.6 Å². The molecule has 7 atom stereocenters. The fourth-order valence-corrected chi connectivity index (χ4v) is 8.78. The summed E-state index contributed by atoms with van der Waals surface area (Å²) < 4.78 is 0. The monoisotopic (exact) mass is 990 g/mol. The number of carbonyl (C=O) groups excluding carboxylic acids is 11. The Morgan fingerprint density at radius 3 is 1.63 bits per heavy atom. The van der Waals surface area contributed by atoms with Crippen molar-refractivity contribution in [1.29, 1.82) is 0 Å². The summed E-state index contributed by atoms with van der Waals surface area (Å²) in [4.78, 5) is 162. The Morgan fingerprint density at radius 1 is 0.571 bits per heavy atom. The molecule has 16 N–H and O–H groups in total. The zero-order valence-electron chi connectivity index (χ0n) is 39.0. The Kier molecular flexibility index (Phi) is 21.5. The average Bonchev–Trinajstić information content (AvgIpc) is 4.17. The number of aliphatic imine (C=N–C) groups is 1. The van der Waals surface area contributed by atoms with Gasteiger partial charge in [-0.1, -0.05) is 0 Å². The van der Waals surface area contributed by atoms with Crippen molar-refractivity contribution in [2.45, 2.75) is 132 Å². The Morgan fingerprint density at radius 2 is 1.09 bits per heavy atom. The highest BCUT2D eigenvalue weighted by Crippen LogP contribution is 2.28. The third-order valence-electron chi connectivity index (χ3n) is 12.4. The van der Waals surface area contributed by atoms with Crippen LogP contribution in [0.3, 0.4) is 0 Å². The van der Waals surface area contributed by atoms with E-state index in [0.717, 1.165) is 6.42 Å². The van der Waals surface area contributed by atoms with Crippen molar-refractivity contribution >= 4 is 76.9 Å². The summed E-state index contributed by atoms with van der Waals surface area (Å²) in [6.07, 6.45) is 2.78. The number of amides is 11. The highest BCUT2D eigenvalue weighted by molar-refractivity contribution is 5.98. The van der Waals surface area contributed by atoms with Gasteiger partial charge in [0.2, 0.25) is 65.0 Å². The Balaban J connectivity index is 1.31. The molecule has 0 aliphatic carbocycles. The van der Waals surface area contributed by atoms with Crippen LogP contribution in [0, 0.1) is 0 Å². The van der Waals surface area contributed by atoms with Crippen molar-refractivity contribution in [2.24, 2.45) is 27.9 Å². The molecule has 0 aromatic heterocycles. The van der Waals surface area contributed by atoms with E-state index < -0.39 is 133 Å². The number of nitrogens with zero attached hydrogens (tertiary/aromatic N) is 4. The smallest absolute Gasteiger partial charge is 0.326 e. The van der Waals surface area contributed by atoms with Gasteiger partial charge in [0, 0.05) is 39.0 Å². The SMILES string of the molecule is NC(=O)CC[C@H](NC(=O)[C@@H]1CCCN1)C(=O)NCC(=O)N1CCC[C@H]1C(=O)N1CCC[C@H]1C(=O)N1CCC[C@H]1C(=O)N[C@@H](CCC(N)=O)C(=O)NCC(=O)NCC(=O)N[C@@H](CCCN=C(N)N)C(=O)O. The van der Waals surface area contributed by atoms with Gasteiger partial charge < -0.3 is 80.0 Å². The normalized spacial score (nSPS) is 20.8. The predicted molar refractivity (Wildman–Crippen MR) is 244 cm³/mol. The molecule has 0 bridgehead atoms. The summed E-state index contributed by atoms with van der Waals surface area (Å²) in [6, 6.07) is -7.32. The summed E-state index contributed by atoms with van der Waals surface area (Å²) in [5.41, 5.74) is 21.1. The van der Waals surface area contributed by atoms with Crippen LogP contribution in [0.25, 0.3) is 0 Å². The molecule has 70 heavy (non-hydrogen) atoms. The van der Waals surface area contributed by atoms with Gasteiger partial charge >= 0.3 is 5.97 Å². The van der Waals surface area contributed by atoms with E-state index >= 15 is 0 Å². The summed E-state index contributed by atoms with van der Waals surface area (Å²) in [5, 5.41) is 27.0. The lowest BCUT2D eigenvalue weighted by Gasteiger charge is -2.34. The van der Waals surface area contributed by atoms with Crippen LogP contribution in [-0.2, 0) is 57.5 Å². The molecular weight excluding hydrogens is 923 g/mol. The zero-order valence-corrected chi connectivity index (χ0v) is 39.0. The van der Waals surface area contributed by atoms with Gasteiger partial charge in [0.25, 0.3) is 0 Å². The molecule has 28 nitrogen and oxygen atoms in total. The number of primary amides is 2. The lowest BCUT2D eigenvalue weighted by molar-refractivity contribution is -0.150. The first-order valence-electron chi connectivity index (χ1n) is 23.5. The average molecular weight is 990 g/mol. The number of likely N-dealkylation sites (tertiary alicyclic amines) is 3. The second-order valence-corrected chi connectivity index (χ2v) is 17.5. The number of carboxylic acid groups (broad SMARTS) is 1. The Labute approximate surface area is 403 Å². The molecule has 0 saturated carbocycles. The van der Waals surface area contributed by atoms with Crippen LogP contribution in [0.5, 0.6) is 0 Å². The van der Waals surface area contributed by atoms with E-state index in [1.807, 2.05) is 0 Å². The van der Waals surface area contributed by atoms with E-state index in [9.17, 15) is 62.6 Å². The number of nitrogens with two attached hydrogens (primary N) is 4. The van der Waals surface area contributed by atoms with Gasteiger partial charge in [0.15, 0.2) is 5.96 Å². The first-order valence-corrected chi connectivity index (χ1v) is 23.5. The van der Waals surface area contributed by atoms with E-state index in [1.54, 1.807) is 0 Å². The fraction of sp³-hybridized carbons (Fsp3) is 0.690. The standard InChI is InChI=1S/C42H67N15O13/c43-30(58)13-11-24(53-37(65)23-6-1-15-47-23)36(64)51-22-34(62)55-17-4-9-28(55)39(67)57-19-5-10-29(57)40(68)56-18-3-8-27(56)38(66)54-25(12-14-31(44)59)35(63)50-20-32(60)49-21-33(61)52-26(41(69)70)7-2-16-48-42(45)46/h23-29,47H,1-22H2,(H2,43,58)(H2,44,59)(H,49,60)(H,50,63)(H,51,64)(H,52,61)(H,53,65)(H,54,66)(H,69,70)(H4,45,46,48)/t23-,24-,25-,26-,27-,28-,29-/m0/s1. The van der Waals surface area contributed by atoms with Gasteiger partial charge in [0.05, 0.1) is 25.7 Å². The lowest BCUT2D eigenvalue weighted by atomic mass is 10.1. The minimum absolute atomic E-state index is 0.00600. The number of carboxylic acids is 1. The van der Waals surface area contributed by atoms with Crippen molar-refractivity contribution in [3.8, 4) is 0 Å². The van der Waals surface area contributed by atoms with Crippen LogP contribution in [-0.4, -0.2) is 191 Å². The number of rotatable bonds is 26. The van der Waals surface area contributed by atoms with E-state index in [-0.39, 0.29) is 83.5 Å². The number of hydrogen-bond acceptors (Lipinski definition) is 14. The lowest BCUT2D eigenvalue weighted by Crippen LogP contribution is -2.58. The third-order valence-corrected chi connectivity index (χ3v) is 12.4. The summed E-state index contributed by atoms with van der Waals surface area (Å²) in [6.45, 7) is -0.497. The fourth-order valence-electron chi connectivity index (χ4n) is 8.78. The van der Waals surface area contributed by atoms with Gasteiger partial charge in [0.1, 0.15) is 36.3 Å². The van der Waals surface area contributed by atoms with E-state index in [2.05, 4.69) is 42.2 Å². The van der Waals surface area contributed by atoms with Crippen molar-refractivity contribution < 1.29 is 62.6 Å².